The highest BCUT2D eigenvalue weighted by atomic mass is 19.2. The Morgan fingerprint density at radius 1 is 1.82 bits per heavy atom. The monoisotopic (exact) mass is 165 g/mol. The Labute approximate surface area is 62.9 Å². The topological polar surface area (TPSA) is 29.5 Å². The van der Waals surface area contributed by atoms with Gasteiger partial charge in [-0.1, -0.05) is 0 Å². The molecule has 1 heterocycles. The smallest absolute Gasteiger partial charge is 0.412 e. The molecule has 0 aliphatic carbocycles. The van der Waals surface area contributed by atoms with Gasteiger partial charge in [0.05, 0.1) is 0 Å². The molecule has 0 aromatic carbocycles. The van der Waals surface area contributed by atoms with Crippen LogP contribution in [0.4, 0.5) is 13.6 Å². The van der Waals surface area contributed by atoms with Crippen LogP contribution in [0.2, 0.25) is 0 Å². The van der Waals surface area contributed by atoms with Gasteiger partial charge < -0.3 is 4.74 Å². The molecule has 0 spiro atoms. The molecule has 0 saturated carbocycles. The maximum Gasteiger partial charge on any atom is 0.412 e. The number of halogens is 2. The van der Waals surface area contributed by atoms with Crippen LogP contribution in [0.25, 0.3) is 0 Å². The Morgan fingerprint density at radius 3 is 2.82 bits per heavy atom. The van der Waals surface area contributed by atoms with Crippen molar-refractivity contribution in [2.75, 3.05) is 19.8 Å². The number of hydrogen-bond acceptors (Lipinski definition) is 2. The van der Waals surface area contributed by atoms with Crippen molar-refractivity contribution in [3.63, 3.8) is 0 Å². The van der Waals surface area contributed by atoms with Crippen LogP contribution < -0.4 is 0 Å². The summed E-state index contributed by atoms with van der Waals surface area (Å²) in [5.74, 6) is -2.23. The van der Waals surface area contributed by atoms with Crippen LogP contribution in [0, 0.1) is 0 Å². The lowest BCUT2D eigenvalue weighted by molar-refractivity contribution is 0.00384. The first-order chi connectivity index (χ1) is 5.14. The van der Waals surface area contributed by atoms with Crippen LogP contribution >= 0.6 is 0 Å². The molecule has 1 aliphatic rings. The highest BCUT2D eigenvalue weighted by Crippen LogP contribution is 2.25. The van der Waals surface area contributed by atoms with E-state index in [9.17, 15) is 13.6 Å². The van der Waals surface area contributed by atoms with E-state index in [0.717, 1.165) is 4.90 Å². The Bertz CT molecular complexity index is 176. The van der Waals surface area contributed by atoms with Crippen molar-refractivity contribution in [3.05, 3.63) is 0 Å². The molecular weight excluding hydrogens is 156 g/mol. The van der Waals surface area contributed by atoms with Crippen LogP contribution in [-0.2, 0) is 4.74 Å². The van der Waals surface area contributed by atoms with Gasteiger partial charge in [0.15, 0.2) is 0 Å². The summed E-state index contributed by atoms with van der Waals surface area (Å²) < 4.78 is 29.5. The van der Waals surface area contributed by atoms with Crippen molar-refractivity contribution in [3.8, 4) is 0 Å². The maximum absolute atomic E-state index is 13.2. The number of likely N-dealkylation sites (N-methyl/N-ethyl adjacent to an activating group) is 1. The molecule has 0 N–H and O–H groups in total. The lowest BCUT2D eigenvalue weighted by Crippen LogP contribution is -2.45. The number of rotatable bonds is 2. The Balaban J connectivity index is 2.75. The Morgan fingerprint density at radius 2 is 2.45 bits per heavy atom. The van der Waals surface area contributed by atoms with Gasteiger partial charge in [-0.2, -0.15) is 0 Å². The zero-order valence-corrected chi connectivity index (χ0v) is 6.14. The molecule has 3 nitrogen and oxygen atoms in total. The standard InChI is InChI=1S/C6H9F2NO2/c1-2-9-5(10)11-4-6(9,8)3-7/h2-4H2,1H3. The van der Waals surface area contributed by atoms with Crippen LogP contribution in [0.5, 0.6) is 0 Å². The average Bonchev–Trinajstić information content (AvgIpc) is 2.29. The lowest BCUT2D eigenvalue weighted by atomic mass is 10.3. The Kier molecular flexibility index (Phi) is 1.97. The SMILES string of the molecule is CCN1C(=O)OCC1(F)CF. The molecule has 1 atom stereocenters. The molecule has 5 heteroatoms. The number of carbonyl (C=O) groups excluding carboxylic acids is 1. The third kappa shape index (κ3) is 1.15. The van der Waals surface area contributed by atoms with Crippen molar-refractivity contribution in [2.24, 2.45) is 0 Å². The molecule has 64 valence electrons. The predicted molar refractivity (Wildman–Crippen MR) is 33.5 cm³/mol. The molecule has 0 radical (unpaired) electrons. The largest absolute Gasteiger partial charge is 0.444 e. The number of amides is 1. The quantitative estimate of drug-likeness (QED) is 0.573. The van der Waals surface area contributed by atoms with E-state index in [0.29, 0.717) is 0 Å². The normalized spacial score (nSPS) is 30.8. The van der Waals surface area contributed by atoms with Gasteiger partial charge in [0, 0.05) is 6.54 Å². The molecule has 11 heavy (non-hydrogen) atoms. The predicted octanol–water partition coefficient (Wildman–Crippen LogP) is 1.09. The summed E-state index contributed by atoms with van der Waals surface area (Å²) >= 11 is 0. The van der Waals surface area contributed by atoms with Crippen molar-refractivity contribution in [1.82, 2.24) is 4.90 Å². The first-order valence-electron chi connectivity index (χ1n) is 3.33. The van der Waals surface area contributed by atoms with Gasteiger partial charge in [-0.25, -0.2) is 13.6 Å². The van der Waals surface area contributed by atoms with Crippen LogP contribution in [0.3, 0.4) is 0 Å². The molecular formula is C6H9F2NO2. The van der Waals surface area contributed by atoms with Gasteiger partial charge in [-0.3, -0.25) is 4.90 Å². The van der Waals surface area contributed by atoms with Crippen LogP contribution in [0.15, 0.2) is 0 Å². The summed E-state index contributed by atoms with van der Waals surface area (Å²) in [6.07, 6.45) is -0.785. The Hall–Kier alpha value is -0.870. The fourth-order valence-corrected chi connectivity index (χ4v) is 1.01. The van der Waals surface area contributed by atoms with Gasteiger partial charge in [0.25, 0.3) is 0 Å². The molecule has 1 fully saturated rings. The summed E-state index contributed by atoms with van der Waals surface area (Å²) in [6.45, 7) is -0.0292. The second-order valence-electron chi connectivity index (χ2n) is 2.35. The molecule has 0 aromatic rings. The number of carbonyl (C=O) groups is 1. The van der Waals surface area contributed by atoms with E-state index < -0.39 is 25.2 Å². The van der Waals surface area contributed by atoms with Gasteiger partial charge >= 0.3 is 6.09 Å². The van der Waals surface area contributed by atoms with E-state index in [2.05, 4.69) is 4.74 Å². The molecule has 0 bridgehead atoms. The number of hydrogen-bond donors (Lipinski definition) is 0. The number of alkyl halides is 2. The molecule has 1 saturated heterocycles. The number of cyclic esters (lactones) is 1. The third-order valence-corrected chi connectivity index (χ3v) is 1.64. The van der Waals surface area contributed by atoms with E-state index in [1.54, 1.807) is 6.92 Å². The minimum absolute atomic E-state index is 0.124. The second kappa shape index (κ2) is 2.64. The second-order valence-corrected chi connectivity index (χ2v) is 2.35. The van der Waals surface area contributed by atoms with E-state index in [1.807, 2.05) is 0 Å². The van der Waals surface area contributed by atoms with E-state index in [4.69, 9.17) is 0 Å². The zero-order chi connectivity index (χ0) is 8.48. The molecule has 1 unspecified atom stereocenters. The first kappa shape index (κ1) is 8.23. The highest BCUT2D eigenvalue weighted by Gasteiger charge is 2.47. The minimum atomic E-state index is -2.23. The summed E-state index contributed by atoms with van der Waals surface area (Å²) in [5.41, 5.74) is 0. The van der Waals surface area contributed by atoms with E-state index in [-0.39, 0.29) is 6.54 Å². The summed E-state index contributed by atoms with van der Waals surface area (Å²) in [7, 11) is 0. The minimum Gasteiger partial charge on any atom is -0.444 e. The molecule has 1 aliphatic heterocycles. The average molecular weight is 165 g/mol. The summed E-state index contributed by atoms with van der Waals surface area (Å²) in [5, 5.41) is 0. The van der Waals surface area contributed by atoms with Gasteiger partial charge in [0.2, 0.25) is 5.79 Å². The third-order valence-electron chi connectivity index (χ3n) is 1.64. The molecule has 1 rings (SSSR count). The van der Waals surface area contributed by atoms with Gasteiger partial charge in [0.1, 0.15) is 13.3 Å². The molecule has 0 aromatic heterocycles. The van der Waals surface area contributed by atoms with E-state index in [1.165, 1.54) is 0 Å². The van der Waals surface area contributed by atoms with E-state index >= 15 is 0 Å². The first-order valence-corrected chi connectivity index (χ1v) is 3.33. The van der Waals surface area contributed by atoms with Crippen LogP contribution in [0.1, 0.15) is 6.92 Å². The number of nitrogens with zero attached hydrogens (tertiary/aromatic N) is 1. The number of ether oxygens (including phenoxy) is 1. The van der Waals surface area contributed by atoms with Crippen molar-refractivity contribution < 1.29 is 18.3 Å². The summed E-state index contributed by atoms with van der Waals surface area (Å²) in [6, 6.07) is 0. The van der Waals surface area contributed by atoms with Crippen molar-refractivity contribution in [1.29, 1.82) is 0 Å². The van der Waals surface area contributed by atoms with Gasteiger partial charge in [-0.05, 0) is 6.92 Å². The lowest BCUT2D eigenvalue weighted by Gasteiger charge is -2.22. The fraction of sp³-hybridized carbons (Fsp3) is 0.833. The van der Waals surface area contributed by atoms with Crippen molar-refractivity contribution >= 4 is 6.09 Å². The van der Waals surface area contributed by atoms with Crippen LogP contribution in [-0.4, -0.2) is 36.6 Å². The summed E-state index contributed by atoms with van der Waals surface area (Å²) in [4.78, 5) is 11.4. The molecule has 1 amide bonds. The fourth-order valence-electron chi connectivity index (χ4n) is 1.01. The zero-order valence-electron chi connectivity index (χ0n) is 6.14. The van der Waals surface area contributed by atoms with Gasteiger partial charge in [-0.15, -0.1) is 0 Å². The van der Waals surface area contributed by atoms with Crippen molar-refractivity contribution in [2.45, 2.75) is 12.7 Å². The highest BCUT2D eigenvalue weighted by molar-refractivity contribution is 5.70. The maximum atomic E-state index is 13.2.